The highest BCUT2D eigenvalue weighted by atomic mass is 19.1. The van der Waals surface area contributed by atoms with E-state index in [1.54, 1.807) is 17.0 Å². The number of nitrogens with one attached hydrogen (secondary N) is 1. The summed E-state index contributed by atoms with van der Waals surface area (Å²) in [5.74, 6) is -0.598. The highest BCUT2D eigenvalue weighted by molar-refractivity contribution is 6.05. The molecule has 28 heavy (non-hydrogen) atoms. The van der Waals surface area contributed by atoms with Gasteiger partial charge in [0, 0.05) is 24.6 Å². The molecule has 0 aromatic heterocycles. The van der Waals surface area contributed by atoms with Crippen LogP contribution in [0.4, 0.5) is 15.8 Å². The topological polar surface area (TPSA) is 49.4 Å². The predicted molar refractivity (Wildman–Crippen MR) is 107 cm³/mol. The van der Waals surface area contributed by atoms with Gasteiger partial charge in [-0.15, -0.1) is 0 Å². The number of fused-ring (bicyclic) bond motifs is 1. The number of carbonyl (C=O) groups is 2. The molecule has 1 heterocycles. The fourth-order valence-electron chi connectivity index (χ4n) is 4.33. The van der Waals surface area contributed by atoms with Gasteiger partial charge in [-0.25, -0.2) is 4.39 Å². The molecule has 1 aliphatic carbocycles. The van der Waals surface area contributed by atoms with E-state index in [1.807, 2.05) is 24.3 Å². The van der Waals surface area contributed by atoms with Gasteiger partial charge in [0.05, 0.1) is 17.4 Å². The van der Waals surface area contributed by atoms with Gasteiger partial charge in [-0.05, 0) is 41.7 Å². The van der Waals surface area contributed by atoms with Crippen molar-refractivity contribution in [2.75, 3.05) is 10.2 Å². The van der Waals surface area contributed by atoms with E-state index in [4.69, 9.17) is 0 Å². The lowest BCUT2D eigenvalue weighted by atomic mass is 9.73. The Morgan fingerprint density at radius 3 is 2.61 bits per heavy atom. The molecule has 0 fully saturated rings. The molecule has 2 aromatic carbocycles. The second-order valence-corrected chi connectivity index (χ2v) is 8.32. The van der Waals surface area contributed by atoms with Crippen LogP contribution in [0.5, 0.6) is 0 Å². The first-order chi connectivity index (χ1) is 13.3. The number of allylic oxidation sites excluding steroid dienone is 1. The van der Waals surface area contributed by atoms with Crippen molar-refractivity contribution in [1.29, 1.82) is 0 Å². The molecule has 0 bridgehead atoms. The van der Waals surface area contributed by atoms with E-state index < -0.39 is 11.9 Å². The van der Waals surface area contributed by atoms with Gasteiger partial charge >= 0.3 is 0 Å². The fourth-order valence-corrected chi connectivity index (χ4v) is 4.33. The molecular weight excluding hydrogens is 355 g/mol. The first-order valence-electron chi connectivity index (χ1n) is 9.44. The summed E-state index contributed by atoms with van der Waals surface area (Å²) in [5.41, 5.74) is 3.23. The Kier molecular flexibility index (Phi) is 4.33. The molecule has 0 saturated carbocycles. The van der Waals surface area contributed by atoms with Gasteiger partial charge in [0.2, 0.25) is 5.91 Å². The number of para-hydroxylation sites is 2. The number of benzene rings is 2. The van der Waals surface area contributed by atoms with Crippen molar-refractivity contribution in [3.8, 4) is 0 Å². The summed E-state index contributed by atoms with van der Waals surface area (Å²) < 4.78 is 14.1. The summed E-state index contributed by atoms with van der Waals surface area (Å²) in [6, 6.07) is 13.0. The summed E-state index contributed by atoms with van der Waals surface area (Å²) in [6.45, 7) is 5.60. The van der Waals surface area contributed by atoms with Crippen LogP contribution in [0.15, 0.2) is 59.8 Å². The van der Waals surface area contributed by atoms with Crippen LogP contribution in [-0.4, -0.2) is 11.7 Å². The zero-order chi connectivity index (χ0) is 20.1. The standard InChI is InChI=1S/C23H23FN2O2/c1-14(27)26-19-10-5-4-9-17(19)25-18-12-23(2,3)13-20(28)21(18)22(26)15-7-6-8-16(24)11-15/h4-11,22,25H,12-13H2,1-3H3/t22-/m1/s1. The van der Waals surface area contributed by atoms with Crippen molar-refractivity contribution in [2.45, 2.75) is 39.7 Å². The third-order valence-electron chi connectivity index (χ3n) is 5.40. The van der Waals surface area contributed by atoms with Crippen molar-refractivity contribution in [1.82, 2.24) is 0 Å². The number of halogens is 1. The van der Waals surface area contributed by atoms with Gasteiger partial charge < -0.3 is 5.32 Å². The molecular formula is C23H23FN2O2. The van der Waals surface area contributed by atoms with Gasteiger partial charge in [-0.3, -0.25) is 14.5 Å². The number of amides is 1. The van der Waals surface area contributed by atoms with Gasteiger partial charge in [0.25, 0.3) is 0 Å². The van der Waals surface area contributed by atoms with Crippen LogP contribution in [-0.2, 0) is 9.59 Å². The zero-order valence-electron chi connectivity index (χ0n) is 16.3. The number of rotatable bonds is 1. The Morgan fingerprint density at radius 1 is 1.14 bits per heavy atom. The van der Waals surface area contributed by atoms with Crippen molar-refractivity contribution >= 4 is 23.1 Å². The van der Waals surface area contributed by atoms with Gasteiger partial charge in [-0.2, -0.15) is 0 Å². The number of ketones is 1. The molecule has 0 radical (unpaired) electrons. The summed E-state index contributed by atoms with van der Waals surface area (Å²) in [4.78, 5) is 27.6. The molecule has 1 atom stereocenters. The normalized spacial score (nSPS) is 20.8. The number of nitrogens with zero attached hydrogens (tertiary/aromatic N) is 1. The van der Waals surface area contributed by atoms with Crippen LogP contribution >= 0.6 is 0 Å². The number of hydrogen-bond donors (Lipinski definition) is 1. The Bertz CT molecular complexity index is 1010. The van der Waals surface area contributed by atoms with E-state index in [1.165, 1.54) is 19.1 Å². The number of Topliss-reactive ketones (excluding diaryl/α,β-unsaturated/α-hetero) is 1. The maximum absolute atomic E-state index is 14.1. The predicted octanol–water partition coefficient (Wildman–Crippen LogP) is 4.99. The third-order valence-corrected chi connectivity index (χ3v) is 5.40. The molecule has 2 aromatic rings. The maximum Gasteiger partial charge on any atom is 0.224 e. The molecule has 1 aliphatic heterocycles. The van der Waals surface area contributed by atoms with E-state index >= 15 is 0 Å². The lowest BCUT2D eigenvalue weighted by Gasteiger charge is -2.36. The average Bonchev–Trinajstić information content (AvgIpc) is 2.74. The van der Waals surface area contributed by atoms with E-state index in [0.717, 1.165) is 11.4 Å². The summed E-state index contributed by atoms with van der Waals surface area (Å²) in [7, 11) is 0. The zero-order valence-corrected chi connectivity index (χ0v) is 16.3. The quantitative estimate of drug-likeness (QED) is 0.761. The minimum atomic E-state index is -0.664. The second kappa shape index (κ2) is 6.59. The number of carbonyl (C=O) groups excluding carboxylic acids is 2. The molecule has 2 aliphatic rings. The van der Waals surface area contributed by atoms with Crippen molar-refractivity contribution < 1.29 is 14.0 Å². The highest BCUT2D eigenvalue weighted by Gasteiger charge is 2.42. The summed E-state index contributed by atoms with van der Waals surface area (Å²) in [5, 5.41) is 3.42. The lowest BCUT2D eigenvalue weighted by Crippen LogP contribution is -2.38. The average molecular weight is 378 g/mol. The van der Waals surface area contributed by atoms with Crippen molar-refractivity contribution in [3.05, 3.63) is 71.2 Å². The monoisotopic (exact) mass is 378 g/mol. The molecule has 5 heteroatoms. The van der Waals surface area contributed by atoms with Gasteiger partial charge in [0.1, 0.15) is 5.82 Å². The van der Waals surface area contributed by atoms with Gasteiger partial charge in [-0.1, -0.05) is 38.1 Å². The van der Waals surface area contributed by atoms with Gasteiger partial charge in [0.15, 0.2) is 5.78 Å². The molecule has 144 valence electrons. The Balaban J connectivity index is 2.02. The lowest BCUT2D eigenvalue weighted by molar-refractivity contribution is -0.118. The van der Waals surface area contributed by atoms with Crippen LogP contribution in [0.25, 0.3) is 0 Å². The van der Waals surface area contributed by atoms with Crippen molar-refractivity contribution in [2.24, 2.45) is 5.41 Å². The fraction of sp³-hybridized carbons (Fsp3) is 0.304. The highest BCUT2D eigenvalue weighted by Crippen LogP contribution is 2.48. The Labute approximate surface area is 164 Å². The largest absolute Gasteiger partial charge is 0.357 e. The number of anilines is 2. The summed E-state index contributed by atoms with van der Waals surface area (Å²) >= 11 is 0. The molecule has 0 unspecified atom stereocenters. The van der Waals surface area contributed by atoms with Crippen LogP contribution < -0.4 is 10.2 Å². The Hall–Kier alpha value is -2.95. The molecule has 1 N–H and O–H groups in total. The van der Waals surface area contributed by atoms with Crippen LogP contribution in [0.2, 0.25) is 0 Å². The van der Waals surface area contributed by atoms with E-state index in [0.29, 0.717) is 29.7 Å². The van der Waals surface area contributed by atoms with Crippen LogP contribution in [0.3, 0.4) is 0 Å². The SMILES string of the molecule is CC(=O)N1c2ccccc2NC2=C(C(=O)CC(C)(C)C2)[C@H]1c1cccc(F)c1. The smallest absolute Gasteiger partial charge is 0.224 e. The molecule has 4 nitrogen and oxygen atoms in total. The van der Waals surface area contributed by atoms with E-state index in [-0.39, 0.29) is 17.1 Å². The minimum absolute atomic E-state index is 0.00735. The minimum Gasteiger partial charge on any atom is -0.357 e. The van der Waals surface area contributed by atoms with Crippen LogP contribution in [0.1, 0.15) is 45.2 Å². The van der Waals surface area contributed by atoms with E-state index in [2.05, 4.69) is 19.2 Å². The van der Waals surface area contributed by atoms with Crippen LogP contribution in [0, 0.1) is 11.2 Å². The number of hydrogen-bond acceptors (Lipinski definition) is 3. The van der Waals surface area contributed by atoms with Crippen molar-refractivity contribution in [3.63, 3.8) is 0 Å². The molecule has 4 rings (SSSR count). The molecule has 0 saturated heterocycles. The van der Waals surface area contributed by atoms with E-state index in [9.17, 15) is 14.0 Å². The maximum atomic E-state index is 14.1. The summed E-state index contributed by atoms with van der Waals surface area (Å²) in [6.07, 6.45) is 1.07. The molecule has 0 spiro atoms. The third kappa shape index (κ3) is 3.11. The first kappa shape index (κ1) is 18.4. The first-order valence-corrected chi connectivity index (χ1v) is 9.44. The second-order valence-electron chi connectivity index (χ2n) is 8.32. The Morgan fingerprint density at radius 2 is 1.89 bits per heavy atom. The molecule has 1 amide bonds.